The summed E-state index contributed by atoms with van der Waals surface area (Å²) in [5.74, 6) is 0.308. The number of carbonyl (C=O) groups is 2. The molecule has 52 heavy (non-hydrogen) atoms. The molecule has 0 saturated heterocycles. The van der Waals surface area contributed by atoms with E-state index in [1.807, 2.05) is 24.3 Å². The SMILES string of the molecule is CC(C)c1ccc(NC(=O)Nc2cccc(OS(=O)(=O)c3ccccc3S(=O)(=O)Oc3cccc(NC(=O)Nc4ccc(C(C)C)cc4)c3)c2)cc1. The Balaban J connectivity index is 1.25. The minimum atomic E-state index is -4.74. The second-order valence-electron chi connectivity index (χ2n) is 12.3. The summed E-state index contributed by atoms with van der Waals surface area (Å²) in [6.07, 6.45) is 0. The highest BCUT2D eigenvalue weighted by molar-refractivity contribution is 7.90. The molecule has 270 valence electrons. The summed E-state index contributed by atoms with van der Waals surface area (Å²) in [4.78, 5) is 23.9. The van der Waals surface area contributed by atoms with Crippen molar-refractivity contribution >= 4 is 55.0 Å². The van der Waals surface area contributed by atoms with Crippen molar-refractivity contribution in [3.05, 3.63) is 132 Å². The van der Waals surface area contributed by atoms with Crippen molar-refractivity contribution in [2.45, 2.75) is 49.3 Å². The lowest BCUT2D eigenvalue weighted by molar-refractivity contribution is 0.261. The number of carbonyl (C=O) groups excluding carboxylic acids is 2. The predicted molar refractivity (Wildman–Crippen MR) is 201 cm³/mol. The summed E-state index contributed by atoms with van der Waals surface area (Å²) in [5.41, 5.74) is 3.80. The fraction of sp³-hybridized carbons (Fsp3) is 0.158. The fourth-order valence-electron chi connectivity index (χ4n) is 4.95. The molecule has 0 fully saturated rings. The van der Waals surface area contributed by atoms with Gasteiger partial charge < -0.3 is 29.6 Å². The quantitative estimate of drug-likeness (QED) is 0.0920. The van der Waals surface area contributed by atoms with Gasteiger partial charge in [-0.15, -0.1) is 0 Å². The first-order valence-corrected chi connectivity index (χ1v) is 19.0. The van der Waals surface area contributed by atoms with Crippen LogP contribution in [0, 0.1) is 0 Å². The molecule has 0 aliphatic rings. The summed E-state index contributed by atoms with van der Waals surface area (Å²) in [6, 6.07) is 29.7. The Hall–Kier alpha value is -5.86. The average Bonchev–Trinajstić information content (AvgIpc) is 3.08. The van der Waals surface area contributed by atoms with Crippen LogP contribution in [0.2, 0.25) is 0 Å². The Morgan fingerprint density at radius 3 is 1.15 bits per heavy atom. The maximum Gasteiger partial charge on any atom is 0.340 e. The fourth-order valence-corrected chi connectivity index (χ4v) is 7.57. The second-order valence-corrected chi connectivity index (χ2v) is 15.3. The molecule has 0 atom stereocenters. The molecule has 0 unspecified atom stereocenters. The molecule has 5 aromatic carbocycles. The van der Waals surface area contributed by atoms with Gasteiger partial charge in [-0.05, 0) is 83.6 Å². The third-order valence-corrected chi connectivity index (χ3v) is 10.4. The molecular formula is C38H38N4O8S2. The first-order chi connectivity index (χ1) is 24.7. The van der Waals surface area contributed by atoms with Crippen molar-refractivity contribution in [3.8, 4) is 11.5 Å². The van der Waals surface area contributed by atoms with Gasteiger partial charge in [0, 0.05) is 34.9 Å². The zero-order chi connectivity index (χ0) is 37.5. The normalized spacial score (nSPS) is 11.5. The van der Waals surface area contributed by atoms with E-state index in [0.717, 1.165) is 23.3 Å². The summed E-state index contributed by atoms with van der Waals surface area (Å²) >= 11 is 0. The van der Waals surface area contributed by atoms with Crippen molar-refractivity contribution in [1.29, 1.82) is 0 Å². The van der Waals surface area contributed by atoms with E-state index in [9.17, 15) is 26.4 Å². The Bertz CT molecular complexity index is 2110. The summed E-state index contributed by atoms with van der Waals surface area (Å²) in [5, 5.41) is 10.7. The third kappa shape index (κ3) is 9.89. The molecule has 4 N–H and O–H groups in total. The number of rotatable bonds is 12. The van der Waals surface area contributed by atoms with Crippen LogP contribution in [0.5, 0.6) is 11.5 Å². The molecule has 0 aliphatic heterocycles. The van der Waals surface area contributed by atoms with Crippen LogP contribution in [0.1, 0.15) is 50.7 Å². The maximum atomic E-state index is 13.5. The summed E-state index contributed by atoms with van der Waals surface area (Å²) in [7, 11) is -9.48. The molecule has 0 aromatic heterocycles. The van der Waals surface area contributed by atoms with Crippen molar-refractivity contribution in [1.82, 2.24) is 0 Å². The monoisotopic (exact) mass is 742 g/mol. The lowest BCUT2D eigenvalue weighted by Crippen LogP contribution is -2.20. The zero-order valence-corrected chi connectivity index (χ0v) is 30.4. The zero-order valence-electron chi connectivity index (χ0n) is 28.8. The summed E-state index contributed by atoms with van der Waals surface area (Å²) < 4.78 is 64.4. The number of amides is 4. The van der Waals surface area contributed by atoms with Crippen LogP contribution in [0.3, 0.4) is 0 Å². The van der Waals surface area contributed by atoms with Crippen molar-refractivity contribution in [3.63, 3.8) is 0 Å². The van der Waals surface area contributed by atoms with E-state index in [0.29, 0.717) is 23.2 Å². The van der Waals surface area contributed by atoms with Crippen LogP contribution in [0.25, 0.3) is 0 Å². The van der Waals surface area contributed by atoms with Crippen LogP contribution < -0.4 is 29.6 Å². The van der Waals surface area contributed by atoms with E-state index in [4.69, 9.17) is 8.37 Å². The van der Waals surface area contributed by atoms with Gasteiger partial charge in [-0.1, -0.05) is 76.2 Å². The molecule has 0 heterocycles. The highest BCUT2D eigenvalue weighted by Gasteiger charge is 2.30. The standard InChI is InChI=1S/C38H38N4O8S2/c1-25(2)27-15-19-29(20-16-27)39-37(43)41-31-9-7-11-33(23-31)49-51(45,46)35-13-5-6-14-36(35)52(47,48)50-34-12-8-10-32(24-34)42-38(44)40-30-21-17-28(18-22-30)26(3)4/h5-26H,1-4H3,(H2,39,41,43)(H2,40,42,44). The van der Waals surface area contributed by atoms with Crippen LogP contribution in [0.15, 0.2) is 131 Å². The van der Waals surface area contributed by atoms with Gasteiger partial charge >= 0.3 is 32.3 Å². The van der Waals surface area contributed by atoms with E-state index >= 15 is 0 Å². The van der Waals surface area contributed by atoms with Crippen molar-refractivity contribution in [2.75, 3.05) is 21.3 Å². The van der Waals surface area contributed by atoms with Gasteiger partial charge in [-0.2, -0.15) is 16.8 Å². The van der Waals surface area contributed by atoms with Crippen LogP contribution in [-0.4, -0.2) is 28.9 Å². The van der Waals surface area contributed by atoms with E-state index in [-0.39, 0.29) is 22.9 Å². The molecule has 12 nitrogen and oxygen atoms in total. The molecule has 0 radical (unpaired) electrons. The molecule has 14 heteroatoms. The van der Waals surface area contributed by atoms with Crippen LogP contribution in [-0.2, 0) is 20.2 Å². The average molecular weight is 743 g/mol. The topological polar surface area (TPSA) is 169 Å². The number of hydrogen-bond acceptors (Lipinski definition) is 8. The number of nitrogens with one attached hydrogen (secondary N) is 4. The molecule has 5 aromatic rings. The Kier molecular flexibility index (Phi) is 11.5. The van der Waals surface area contributed by atoms with Crippen molar-refractivity contribution < 1.29 is 34.8 Å². The second kappa shape index (κ2) is 16.0. The Labute approximate surface area is 303 Å². The first-order valence-electron chi connectivity index (χ1n) is 16.2. The smallest absolute Gasteiger partial charge is 0.340 e. The largest absolute Gasteiger partial charge is 0.379 e. The Morgan fingerprint density at radius 1 is 0.462 bits per heavy atom. The first kappa shape index (κ1) is 37.4. The van der Waals surface area contributed by atoms with Gasteiger partial charge in [0.2, 0.25) is 0 Å². The van der Waals surface area contributed by atoms with E-state index in [1.165, 1.54) is 60.7 Å². The molecule has 4 amide bonds. The number of hydrogen-bond donors (Lipinski definition) is 4. The molecule has 0 bridgehead atoms. The van der Waals surface area contributed by atoms with E-state index in [2.05, 4.69) is 49.0 Å². The van der Waals surface area contributed by atoms with Crippen molar-refractivity contribution in [2.24, 2.45) is 0 Å². The van der Waals surface area contributed by atoms with Gasteiger partial charge in [0.05, 0.1) is 0 Å². The minimum Gasteiger partial charge on any atom is -0.379 e. The third-order valence-electron chi connectivity index (χ3n) is 7.65. The molecule has 0 aliphatic carbocycles. The Morgan fingerprint density at radius 2 is 0.808 bits per heavy atom. The van der Waals surface area contributed by atoms with Gasteiger partial charge in [0.25, 0.3) is 0 Å². The van der Waals surface area contributed by atoms with Gasteiger partial charge in [0.1, 0.15) is 21.3 Å². The lowest BCUT2D eigenvalue weighted by atomic mass is 10.0. The number of urea groups is 2. The van der Waals surface area contributed by atoms with E-state index in [1.54, 1.807) is 24.3 Å². The van der Waals surface area contributed by atoms with Gasteiger partial charge in [-0.25, -0.2) is 9.59 Å². The molecule has 0 saturated carbocycles. The van der Waals surface area contributed by atoms with Crippen LogP contribution in [0.4, 0.5) is 32.3 Å². The molecule has 0 spiro atoms. The van der Waals surface area contributed by atoms with Gasteiger partial charge in [-0.3, -0.25) is 0 Å². The minimum absolute atomic E-state index is 0.180. The number of benzene rings is 5. The van der Waals surface area contributed by atoms with E-state index < -0.39 is 42.1 Å². The van der Waals surface area contributed by atoms with Gasteiger partial charge in [0.15, 0.2) is 0 Å². The summed E-state index contributed by atoms with van der Waals surface area (Å²) in [6.45, 7) is 8.25. The van der Waals surface area contributed by atoms with Crippen LogP contribution >= 0.6 is 0 Å². The highest BCUT2D eigenvalue weighted by Crippen LogP contribution is 2.29. The molecular weight excluding hydrogens is 705 g/mol. The lowest BCUT2D eigenvalue weighted by Gasteiger charge is -2.14. The highest BCUT2D eigenvalue weighted by atomic mass is 32.2. The predicted octanol–water partition coefficient (Wildman–Crippen LogP) is 8.76. The number of anilines is 4. The molecule has 5 rings (SSSR count). The maximum absolute atomic E-state index is 13.5.